The summed E-state index contributed by atoms with van der Waals surface area (Å²) in [4.78, 5) is 30.1. The van der Waals surface area contributed by atoms with Crippen LogP contribution in [0.5, 0.6) is 5.75 Å². The van der Waals surface area contributed by atoms with Crippen molar-refractivity contribution in [1.29, 1.82) is 0 Å². The Morgan fingerprint density at radius 2 is 1.92 bits per heavy atom. The fourth-order valence-electron chi connectivity index (χ4n) is 5.71. The Bertz CT molecular complexity index is 1610. The molecule has 0 radical (unpaired) electrons. The Kier molecular flexibility index (Phi) is 4.36. The van der Waals surface area contributed by atoms with Gasteiger partial charge in [-0.15, -0.1) is 0 Å². The molecule has 0 spiro atoms. The van der Waals surface area contributed by atoms with Gasteiger partial charge >= 0.3 is 0 Å². The van der Waals surface area contributed by atoms with E-state index >= 15 is 0 Å². The molecule has 4 atom stereocenters. The summed E-state index contributed by atoms with van der Waals surface area (Å²) in [5.41, 5.74) is 4.01. The van der Waals surface area contributed by atoms with Crippen molar-refractivity contribution in [2.24, 2.45) is 5.92 Å². The first kappa shape index (κ1) is 23.0. The average Bonchev–Trinajstić information content (AvgIpc) is 3.14. The zero-order chi connectivity index (χ0) is 25.8. The largest absolute Gasteiger partial charge is 0.454 e. The predicted molar refractivity (Wildman–Crippen MR) is 128 cm³/mol. The van der Waals surface area contributed by atoms with Crippen LogP contribution in [0.25, 0.3) is 0 Å². The number of aromatic amines is 1. The van der Waals surface area contributed by atoms with Crippen LogP contribution in [0.2, 0.25) is 0 Å². The lowest BCUT2D eigenvalue weighted by Crippen LogP contribution is -2.60. The number of fused-ring (bicyclic) bond motifs is 5. The molecule has 186 valence electrons. The summed E-state index contributed by atoms with van der Waals surface area (Å²) < 4.78 is 30.0. The second-order valence-corrected chi connectivity index (χ2v) is 12.3. The molecule has 2 aromatic carbocycles. The number of hydrogen-bond donors (Lipinski definition) is 4. The summed E-state index contributed by atoms with van der Waals surface area (Å²) >= 11 is 0. The number of rotatable bonds is 4. The number of sulfone groups is 1. The Morgan fingerprint density at radius 1 is 1.19 bits per heavy atom. The Hall–Kier alpha value is -3.47. The van der Waals surface area contributed by atoms with Crippen molar-refractivity contribution in [3.05, 3.63) is 76.5 Å². The van der Waals surface area contributed by atoms with E-state index in [2.05, 4.69) is 29.9 Å². The molecular weight excluding hydrogens is 482 g/mol. The Labute approximate surface area is 207 Å². The molecule has 1 aliphatic heterocycles. The number of ether oxygens (including phenoxy) is 1. The topological polar surface area (TPSA) is 153 Å². The number of amides is 1. The average molecular weight is 509 g/mol. The van der Waals surface area contributed by atoms with Crippen LogP contribution in [0.4, 0.5) is 5.69 Å². The standard InChI is InChI=1S/C26H25N3O6S/c1-13-12-24(13,2)14-7-8-15-19(11-14)35-26(32)16-5-4-6-17(27)21(16)22(30)25(15,26)29-23(31)18-9-10-20(28-18)36(3,33)34/h4-11,13,28,32H,12,27H2,1-3H3,(H,29,31)/p+1/t13-,24+,25?,26?/m0/s1. The zero-order valence-corrected chi connectivity index (χ0v) is 20.8. The highest BCUT2D eigenvalue weighted by molar-refractivity contribution is 7.90. The van der Waals surface area contributed by atoms with Crippen molar-refractivity contribution in [2.75, 3.05) is 6.26 Å². The molecule has 1 aromatic heterocycles. The molecule has 9 nitrogen and oxygen atoms in total. The SMILES string of the molecule is C[C@H]1C[C@@]1(C)c1ccc2c(c1)OC1(O)c3cccc([NH3+])c3C(=O)C21NC(=O)c1ccc(S(C)(=O)=O)[nH]1. The summed E-state index contributed by atoms with van der Waals surface area (Å²) in [7, 11) is -3.59. The van der Waals surface area contributed by atoms with Gasteiger partial charge in [-0.3, -0.25) is 9.59 Å². The number of aromatic nitrogens is 1. The van der Waals surface area contributed by atoms with Crippen LogP contribution >= 0.6 is 0 Å². The van der Waals surface area contributed by atoms with Gasteiger partial charge in [0.25, 0.3) is 11.7 Å². The minimum Gasteiger partial charge on any atom is -0.454 e. The second-order valence-electron chi connectivity index (χ2n) is 10.4. The van der Waals surface area contributed by atoms with E-state index in [9.17, 15) is 23.1 Å². The van der Waals surface area contributed by atoms with Crippen LogP contribution in [0.1, 0.15) is 57.8 Å². The molecule has 2 aliphatic carbocycles. The smallest absolute Gasteiger partial charge is 0.271 e. The van der Waals surface area contributed by atoms with Gasteiger partial charge in [0.15, 0.2) is 9.84 Å². The number of hydrogen-bond acceptors (Lipinski definition) is 6. The number of quaternary nitrogens is 1. The quantitative estimate of drug-likeness (QED) is 0.420. The highest BCUT2D eigenvalue weighted by Gasteiger charge is 2.72. The Balaban J connectivity index is 1.52. The molecule has 1 saturated carbocycles. The van der Waals surface area contributed by atoms with E-state index in [4.69, 9.17) is 4.74 Å². The molecule has 6 rings (SSSR count). The summed E-state index contributed by atoms with van der Waals surface area (Å²) in [5.74, 6) is -2.73. The van der Waals surface area contributed by atoms with Crippen LogP contribution in [0.15, 0.2) is 53.6 Å². The molecule has 36 heavy (non-hydrogen) atoms. The first-order valence-electron chi connectivity index (χ1n) is 11.6. The van der Waals surface area contributed by atoms with Crippen LogP contribution in [-0.4, -0.2) is 36.5 Å². The van der Waals surface area contributed by atoms with Gasteiger partial charge < -0.3 is 25.9 Å². The number of benzene rings is 2. The first-order valence-corrected chi connectivity index (χ1v) is 13.5. The number of ketones is 1. The number of carbonyl (C=O) groups is 2. The van der Waals surface area contributed by atoms with Crippen molar-refractivity contribution >= 4 is 27.2 Å². The molecule has 0 bridgehead atoms. The number of H-pyrrole nitrogens is 1. The van der Waals surface area contributed by atoms with E-state index in [1.54, 1.807) is 24.3 Å². The summed E-state index contributed by atoms with van der Waals surface area (Å²) in [6.07, 6.45) is 2.03. The minimum absolute atomic E-state index is 0.0240. The molecule has 6 N–H and O–H groups in total. The monoisotopic (exact) mass is 508 g/mol. The number of nitrogens with one attached hydrogen (secondary N) is 2. The van der Waals surface area contributed by atoms with Gasteiger partial charge in [0, 0.05) is 17.4 Å². The number of Topliss-reactive ketones (excluding diaryl/α,β-unsaturated/α-hetero) is 1. The van der Waals surface area contributed by atoms with Gasteiger partial charge in [0.05, 0.1) is 5.56 Å². The maximum absolute atomic E-state index is 14.1. The van der Waals surface area contributed by atoms with Crippen LogP contribution in [-0.2, 0) is 26.6 Å². The third-order valence-corrected chi connectivity index (χ3v) is 9.19. The second kappa shape index (κ2) is 6.84. The first-order chi connectivity index (χ1) is 16.8. The molecule has 1 amide bonds. The molecule has 3 aromatic rings. The molecular formula is C26H26N3O6S+. The van der Waals surface area contributed by atoms with Crippen molar-refractivity contribution < 1.29 is 33.6 Å². The third-order valence-electron chi connectivity index (χ3n) is 8.16. The summed E-state index contributed by atoms with van der Waals surface area (Å²) in [5, 5.41) is 14.6. The normalized spacial score (nSPS) is 29.8. The number of aliphatic hydroxyl groups is 1. The lowest BCUT2D eigenvalue weighted by Gasteiger charge is -2.34. The molecule has 2 heterocycles. The fourth-order valence-corrected chi connectivity index (χ4v) is 6.32. The van der Waals surface area contributed by atoms with Crippen molar-refractivity contribution in [1.82, 2.24) is 10.3 Å². The molecule has 2 unspecified atom stereocenters. The summed E-state index contributed by atoms with van der Waals surface area (Å²) in [6.45, 7) is 4.32. The maximum atomic E-state index is 14.1. The van der Waals surface area contributed by atoms with Gasteiger partial charge in [0.2, 0.25) is 11.3 Å². The lowest BCUT2D eigenvalue weighted by molar-refractivity contribution is -0.255. The van der Waals surface area contributed by atoms with Crippen molar-refractivity contribution in [3.63, 3.8) is 0 Å². The summed E-state index contributed by atoms with van der Waals surface area (Å²) in [6, 6.07) is 13.0. The zero-order valence-electron chi connectivity index (χ0n) is 20.0. The third kappa shape index (κ3) is 2.74. The van der Waals surface area contributed by atoms with E-state index < -0.39 is 32.9 Å². The van der Waals surface area contributed by atoms with Crippen molar-refractivity contribution in [2.45, 2.75) is 42.0 Å². The minimum atomic E-state index is -3.59. The number of carbonyl (C=O) groups excluding carboxylic acids is 2. The van der Waals surface area contributed by atoms with Crippen LogP contribution in [0.3, 0.4) is 0 Å². The van der Waals surface area contributed by atoms with Gasteiger partial charge in [-0.1, -0.05) is 38.1 Å². The van der Waals surface area contributed by atoms with E-state index in [0.29, 0.717) is 22.9 Å². The molecule has 3 aliphatic rings. The van der Waals surface area contributed by atoms with Crippen LogP contribution < -0.4 is 15.8 Å². The van der Waals surface area contributed by atoms with Gasteiger partial charge in [-0.05, 0) is 47.6 Å². The van der Waals surface area contributed by atoms with E-state index in [0.717, 1.165) is 18.2 Å². The van der Waals surface area contributed by atoms with Crippen LogP contribution in [0, 0.1) is 5.92 Å². The fraction of sp³-hybridized carbons (Fsp3) is 0.308. The van der Waals surface area contributed by atoms with E-state index in [1.807, 2.05) is 12.1 Å². The van der Waals surface area contributed by atoms with Gasteiger partial charge in [0.1, 0.15) is 22.2 Å². The van der Waals surface area contributed by atoms with E-state index in [-0.39, 0.29) is 27.3 Å². The van der Waals surface area contributed by atoms with Gasteiger partial charge in [-0.25, -0.2) is 8.42 Å². The van der Waals surface area contributed by atoms with E-state index in [1.165, 1.54) is 12.1 Å². The predicted octanol–water partition coefficient (Wildman–Crippen LogP) is 1.65. The van der Waals surface area contributed by atoms with Gasteiger partial charge in [-0.2, -0.15) is 0 Å². The highest BCUT2D eigenvalue weighted by Crippen LogP contribution is 2.61. The maximum Gasteiger partial charge on any atom is 0.271 e. The molecule has 0 saturated heterocycles. The lowest BCUT2D eigenvalue weighted by atomic mass is 9.81. The molecule has 1 fully saturated rings. The molecule has 10 heteroatoms. The Morgan fingerprint density at radius 3 is 2.56 bits per heavy atom. The highest BCUT2D eigenvalue weighted by atomic mass is 32.2. The van der Waals surface area contributed by atoms with Crippen molar-refractivity contribution in [3.8, 4) is 5.75 Å².